The van der Waals surface area contributed by atoms with Crippen molar-refractivity contribution < 1.29 is 5.11 Å². The average Bonchev–Trinajstić information content (AvgIpc) is 2.43. The van der Waals surface area contributed by atoms with E-state index in [4.69, 9.17) is 5.11 Å². The molecule has 0 fully saturated rings. The second kappa shape index (κ2) is 2.99. The molecule has 2 heterocycles. The number of nitrogens with one attached hydrogen (secondary N) is 1. The van der Waals surface area contributed by atoms with Gasteiger partial charge in [-0.1, -0.05) is 0 Å². The molecule has 0 saturated heterocycles. The highest BCUT2D eigenvalue weighted by atomic mass is 16.3. The van der Waals surface area contributed by atoms with Crippen LogP contribution in [0.1, 0.15) is 16.8 Å². The van der Waals surface area contributed by atoms with Crippen molar-refractivity contribution in [3.05, 3.63) is 39.6 Å². The largest absolute Gasteiger partial charge is 0.390 e. The number of aromatic amines is 1. The van der Waals surface area contributed by atoms with Gasteiger partial charge < -0.3 is 14.5 Å². The van der Waals surface area contributed by atoms with Crippen LogP contribution in [-0.4, -0.2) is 14.5 Å². The fraction of sp³-hybridized carbons (Fsp3) is 0.300. The average molecular weight is 192 g/mol. The van der Waals surface area contributed by atoms with Crippen LogP contribution >= 0.6 is 0 Å². The summed E-state index contributed by atoms with van der Waals surface area (Å²) in [7, 11) is 0. The maximum atomic E-state index is 11.6. The molecule has 0 aromatic carbocycles. The molecule has 4 nitrogen and oxygen atoms in total. The third-order valence-electron chi connectivity index (χ3n) is 2.49. The predicted octanol–water partition coefficient (Wildman–Crippen LogP) is 0.737. The third kappa shape index (κ3) is 1.15. The van der Waals surface area contributed by atoms with Gasteiger partial charge in [-0.25, -0.2) is 0 Å². The standard InChI is InChI=1S/C10H12N2O2/c1-6-3-12-4-8(5-13)11-10(14)9(12)7(6)2/h3-4,13H,5H2,1-2H3,(H,11,14). The van der Waals surface area contributed by atoms with Gasteiger partial charge in [0.2, 0.25) is 0 Å². The first kappa shape index (κ1) is 9.02. The Morgan fingerprint density at radius 2 is 2.14 bits per heavy atom. The molecule has 0 aliphatic rings. The molecular weight excluding hydrogens is 180 g/mol. The zero-order valence-corrected chi connectivity index (χ0v) is 8.16. The fourth-order valence-electron chi connectivity index (χ4n) is 1.63. The summed E-state index contributed by atoms with van der Waals surface area (Å²) in [4.78, 5) is 14.2. The minimum Gasteiger partial charge on any atom is -0.390 e. The molecule has 0 atom stereocenters. The Hall–Kier alpha value is -1.55. The SMILES string of the molecule is Cc1cn2cc(CO)[nH]c(=O)c2c1C. The molecule has 0 aliphatic heterocycles. The highest BCUT2D eigenvalue weighted by Gasteiger charge is 2.07. The molecule has 2 rings (SSSR count). The molecule has 0 aliphatic carbocycles. The minimum atomic E-state index is -0.151. The van der Waals surface area contributed by atoms with Gasteiger partial charge in [-0.2, -0.15) is 0 Å². The first-order valence-corrected chi connectivity index (χ1v) is 4.44. The highest BCUT2D eigenvalue weighted by Crippen LogP contribution is 2.12. The number of aromatic nitrogens is 2. The van der Waals surface area contributed by atoms with E-state index >= 15 is 0 Å². The molecular formula is C10H12N2O2. The lowest BCUT2D eigenvalue weighted by Crippen LogP contribution is -2.12. The molecule has 14 heavy (non-hydrogen) atoms. The molecule has 0 bridgehead atoms. The number of rotatable bonds is 1. The van der Waals surface area contributed by atoms with Crippen molar-refractivity contribution in [2.75, 3.05) is 0 Å². The van der Waals surface area contributed by atoms with E-state index in [0.29, 0.717) is 11.2 Å². The Morgan fingerprint density at radius 1 is 1.43 bits per heavy atom. The topological polar surface area (TPSA) is 57.5 Å². The summed E-state index contributed by atoms with van der Waals surface area (Å²) in [6.07, 6.45) is 3.62. The van der Waals surface area contributed by atoms with E-state index in [2.05, 4.69) is 4.98 Å². The molecule has 4 heteroatoms. The van der Waals surface area contributed by atoms with Crippen molar-refractivity contribution >= 4 is 5.52 Å². The van der Waals surface area contributed by atoms with Gasteiger partial charge in [-0.15, -0.1) is 0 Å². The smallest absolute Gasteiger partial charge is 0.272 e. The number of hydrogen-bond donors (Lipinski definition) is 2. The van der Waals surface area contributed by atoms with Crippen molar-refractivity contribution in [2.45, 2.75) is 20.5 Å². The van der Waals surface area contributed by atoms with Gasteiger partial charge in [-0.3, -0.25) is 4.79 Å². The van der Waals surface area contributed by atoms with Crippen molar-refractivity contribution in [1.82, 2.24) is 9.38 Å². The predicted molar refractivity (Wildman–Crippen MR) is 53.4 cm³/mol. The lowest BCUT2D eigenvalue weighted by molar-refractivity contribution is 0.276. The van der Waals surface area contributed by atoms with Crippen LogP contribution in [0.15, 0.2) is 17.2 Å². The number of aliphatic hydroxyl groups is 1. The molecule has 74 valence electrons. The Morgan fingerprint density at radius 3 is 2.79 bits per heavy atom. The summed E-state index contributed by atoms with van der Waals surface area (Å²) in [6.45, 7) is 3.72. The summed E-state index contributed by atoms with van der Waals surface area (Å²) in [5.74, 6) is 0. The zero-order valence-electron chi connectivity index (χ0n) is 8.16. The van der Waals surface area contributed by atoms with E-state index in [0.717, 1.165) is 11.1 Å². The fourth-order valence-corrected chi connectivity index (χ4v) is 1.63. The first-order chi connectivity index (χ1) is 6.63. The maximum Gasteiger partial charge on any atom is 0.272 e. The van der Waals surface area contributed by atoms with Gasteiger partial charge in [0.25, 0.3) is 5.56 Å². The third-order valence-corrected chi connectivity index (χ3v) is 2.49. The first-order valence-electron chi connectivity index (χ1n) is 4.44. The van der Waals surface area contributed by atoms with Gasteiger partial charge in [0.05, 0.1) is 12.3 Å². The monoisotopic (exact) mass is 192 g/mol. The number of H-pyrrole nitrogens is 1. The van der Waals surface area contributed by atoms with Crippen LogP contribution in [0.4, 0.5) is 0 Å². The molecule has 2 aromatic heterocycles. The van der Waals surface area contributed by atoms with Gasteiger partial charge in [-0.05, 0) is 25.0 Å². The van der Waals surface area contributed by atoms with Crippen LogP contribution in [0.3, 0.4) is 0 Å². The van der Waals surface area contributed by atoms with E-state index in [9.17, 15) is 4.79 Å². The van der Waals surface area contributed by atoms with Gasteiger partial charge in [0, 0.05) is 12.4 Å². The van der Waals surface area contributed by atoms with Crippen LogP contribution in [-0.2, 0) is 6.61 Å². The lowest BCUT2D eigenvalue weighted by atomic mass is 10.2. The van der Waals surface area contributed by atoms with Crippen LogP contribution in [0.25, 0.3) is 5.52 Å². The van der Waals surface area contributed by atoms with Crippen molar-refractivity contribution in [1.29, 1.82) is 0 Å². The molecule has 2 aromatic rings. The second-order valence-corrected chi connectivity index (χ2v) is 3.46. The molecule has 0 amide bonds. The Labute approximate surface area is 80.8 Å². The van der Waals surface area contributed by atoms with Crippen LogP contribution in [0.2, 0.25) is 0 Å². The number of hydrogen-bond acceptors (Lipinski definition) is 2. The molecule has 0 radical (unpaired) electrons. The Balaban J connectivity index is 2.90. The van der Waals surface area contributed by atoms with E-state index < -0.39 is 0 Å². The van der Waals surface area contributed by atoms with Crippen LogP contribution in [0, 0.1) is 13.8 Å². The molecule has 0 saturated carbocycles. The number of fused-ring (bicyclic) bond motifs is 1. The minimum absolute atomic E-state index is 0.151. The Kier molecular flexibility index (Phi) is 1.93. The van der Waals surface area contributed by atoms with Gasteiger partial charge in [0.1, 0.15) is 5.52 Å². The van der Waals surface area contributed by atoms with E-state index in [1.165, 1.54) is 0 Å². The summed E-state index contributed by atoms with van der Waals surface area (Å²) in [5.41, 5.74) is 3.08. The number of aryl methyl sites for hydroxylation is 2. The normalized spacial score (nSPS) is 11.1. The van der Waals surface area contributed by atoms with Gasteiger partial charge in [0.15, 0.2) is 0 Å². The van der Waals surface area contributed by atoms with Gasteiger partial charge >= 0.3 is 0 Å². The second-order valence-electron chi connectivity index (χ2n) is 3.46. The molecule has 0 unspecified atom stereocenters. The summed E-state index contributed by atoms with van der Waals surface area (Å²) >= 11 is 0. The highest BCUT2D eigenvalue weighted by molar-refractivity contribution is 5.56. The quantitative estimate of drug-likeness (QED) is 0.700. The van der Waals surface area contributed by atoms with E-state index in [1.807, 2.05) is 20.0 Å². The maximum absolute atomic E-state index is 11.6. The van der Waals surface area contributed by atoms with Crippen molar-refractivity contribution in [3.8, 4) is 0 Å². The molecule has 2 N–H and O–H groups in total. The number of nitrogens with zero attached hydrogens (tertiary/aromatic N) is 1. The summed E-state index contributed by atoms with van der Waals surface area (Å²) in [6, 6.07) is 0. The zero-order chi connectivity index (χ0) is 10.3. The van der Waals surface area contributed by atoms with E-state index in [1.54, 1.807) is 10.6 Å². The van der Waals surface area contributed by atoms with Crippen molar-refractivity contribution in [2.24, 2.45) is 0 Å². The lowest BCUT2D eigenvalue weighted by Gasteiger charge is -1.99. The summed E-state index contributed by atoms with van der Waals surface area (Å²) in [5, 5.41) is 8.91. The van der Waals surface area contributed by atoms with Crippen LogP contribution < -0.4 is 5.56 Å². The van der Waals surface area contributed by atoms with Crippen molar-refractivity contribution in [3.63, 3.8) is 0 Å². The van der Waals surface area contributed by atoms with Crippen LogP contribution in [0.5, 0.6) is 0 Å². The number of aliphatic hydroxyl groups excluding tert-OH is 1. The van der Waals surface area contributed by atoms with E-state index in [-0.39, 0.29) is 12.2 Å². The molecule has 0 spiro atoms. The Bertz CT molecular complexity index is 537. The summed E-state index contributed by atoms with van der Waals surface area (Å²) < 4.78 is 1.76.